The molecule has 21 heavy (non-hydrogen) atoms. The fourth-order valence-corrected chi connectivity index (χ4v) is 2.90. The van der Waals surface area contributed by atoms with Crippen molar-refractivity contribution in [2.45, 2.75) is 52.1 Å². The molecule has 1 heterocycles. The van der Waals surface area contributed by atoms with Crippen LogP contribution in [0.4, 0.5) is 0 Å². The predicted octanol–water partition coefficient (Wildman–Crippen LogP) is 0.974. The van der Waals surface area contributed by atoms with E-state index in [0.717, 1.165) is 39.0 Å². The highest BCUT2D eigenvalue weighted by Crippen LogP contribution is 2.10. The molecular weight excluding hydrogens is 284 g/mol. The Labute approximate surface area is 134 Å². The number of rotatable bonds is 7. The second-order valence-corrected chi connectivity index (χ2v) is 6.90. The van der Waals surface area contributed by atoms with Crippen molar-refractivity contribution in [1.29, 1.82) is 0 Å². The van der Waals surface area contributed by atoms with Crippen LogP contribution in [0.15, 0.2) is 0 Å². The van der Waals surface area contributed by atoms with E-state index in [-0.39, 0.29) is 17.5 Å². The Hall–Kier alpha value is -0.720. The third-order valence-corrected chi connectivity index (χ3v) is 4.56. The van der Waals surface area contributed by atoms with Crippen molar-refractivity contribution in [1.82, 2.24) is 15.1 Å². The number of piperazine rings is 1. The molecule has 0 aliphatic carbocycles. The van der Waals surface area contributed by atoms with E-state index >= 15 is 0 Å². The van der Waals surface area contributed by atoms with Crippen molar-refractivity contribution in [3.63, 3.8) is 0 Å². The summed E-state index contributed by atoms with van der Waals surface area (Å²) in [7, 11) is 0. The first-order valence-corrected chi connectivity index (χ1v) is 8.26. The molecule has 1 aliphatic heterocycles. The Morgan fingerprint density at radius 2 is 1.86 bits per heavy atom. The van der Waals surface area contributed by atoms with Gasteiger partial charge >= 0.3 is 0 Å². The molecule has 0 spiro atoms. The monoisotopic (exact) mass is 314 g/mol. The van der Waals surface area contributed by atoms with Crippen LogP contribution in [0.5, 0.6) is 0 Å². The fraction of sp³-hybridized carbons (Fsp3) is 0.867. The molecule has 5 nitrogen and oxygen atoms in total. The van der Waals surface area contributed by atoms with Gasteiger partial charge in [-0.1, -0.05) is 26.1 Å². The van der Waals surface area contributed by atoms with E-state index in [2.05, 4.69) is 42.8 Å². The maximum absolute atomic E-state index is 12.1. The van der Waals surface area contributed by atoms with Crippen LogP contribution in [0.25, 0.3) is 0 Å². The smallest absolute Gasteiger partial charge is 0.234 e. The van der Waals surface area contributed by atoms with Crippen molar-refractivity contribution in [3.8, 4) is 0 Å². The van der Waals surface area contributed by atoms with Gasteiger partial charge in [-0.15, -0.1) is 0 Å². The Bertz CT molecular complexity index is 365. The lowest BCUT2D eigenvalue weighted by Crippen LogP contribution is -2.55. The molecule has 0 aromatic rings. The second-order valence-electron chi connectivity index (χ2n) is 6.42. The summed E-state index contributed by atoms with van der Waals surface area (Å²) in [6.07, 6.45) is 1.87. The summed E-state index contributed by atoms with van der Waals surface area (Å²) in [5.74, 6) is 0.108. The highest BCUT2D eigenvalue weighted by molar-refractivity contribution is 7.80. The zero-order valence-corrected chi connectivity index (χ0v) is 14.6. The lowest BCUT2D eigenvalue weighted by atomic mass is 10.0. The summed E-state index contributed by atoms with van der Waals surface area (Å²) < 4.78 is 0. The first kappa shape index (κ1) is 18.3. The fourth-order valence-electron chi connectivity index (χ4n) is 2.58. The molecular formula is C15H30N4OS. The number of nitrogens with one attached hydrogen (secondary N) is 1. The normalized spacial score (nSPS) is 19.2. The average Bonchev–Trinajstić information content (AvgIpc) is 2.40. The van der Waals surface area contributed by atoms with Crippen molar-refractivity contribution in [2.75, 3.05) is 32.7 Å². The van der Waals surface area contributed by atoms with Crippen LogP contribution in [-0.2, 0) is 4.79 Å². The molecule has 0 saturated carbocycles. The molecule has 1 atom stereocenters. The minimum atomic E-state index is -0.127. The van der Waals surface area contributed by atoms with Crippen molar-refractivity contribution in [2.24, 2.45) is 5.73 Å². The zero-order chi connectivity index (χ0) is 16.0. The van der Waals surface area contributed by atoms with Gasteiger partial charge in [-0.2, -0.15) is 0 Å². The van der Waals surface area contributed by atoms with Crippen LogP contribution in [0.2, 0.25) is 0 Å². The Balaban J connectivity index is 2.40. The summed E-state index contributed by atoms with van der Waals surface area (Å²) in [5, 5.41) is 3.08. The van der Waals surface area contributed by atoms with E-state index in [4.69, 9.17) is 18.0 Å². The van der Waals surface area contributed by atoms with E-state index in [9.17, 15) is 4.79 Å². The maximum atomic E-state index is 12.1. The van der Waals surface area contributed by atoms with Gasteiger partial charge in [0.1, 0.15) is 0 Å². The highest BCUT2D eigenvalue weighted by atomic mass is 32.1. The first-order valence-electron chi connectivity index (χ1n) is 7.85. The molecule has 1 aliphatic rings. The summed E-state index contributed by atoms with van der Waals surface area (Å²) in [6.45, 7) is 12.4. The number of hydrogen-bond acceptors (Lipinski definition) is 4. The number of hydrogen-bond donors (Lipinski definition) is 2. The molecule has 1 fully saturated rings. The summed E-state index contributed by atoms with van der Waals surface area (Å²) in [4.78, 5) is 17.2. The van der Waals surface area contributed by atoms with Gasteiger partial charge in [-0.3, -0.25) is 14.6 Å². The molecule has 1 rings (SSSR count). The third-order valence-electron chi connectivity index (χ3n) is 4.29. The van der Waals surface area contributed by atoms with E-state index < -0.39 is 0 Å². The van der Waals surface area contributed by atoms with E-state index in [1.165, 1.54) is 0 Å². The van der Waals surface area contributed by atoms with Crippen LogP contribution in [0, 0.1) is 0 Å². The molecule has 1 amide bonds. The molecule has 0 bridgehead atoms. The lowest BCUT2D eigenvalue weighted by Gasteiger charge is -2.38. The van der Waals surface area contributed by atoms with Crippen molar-refractivity contribution in [3.05, 3.63) is 0 Å². The third kappa shape index (κ3) is 5.88. The number of amides is 1. The van der Waals surface area contributed by atoms with Crippen LogP contribution in [-0.4, -0.2) is 65.0 Å². The Morgan fingerprint density at radius 3 is 2.29 bits per heavy atom. The number of nitrogens with zero attached hydrogens (tertiary/aromatic N) is 2. The van der Waals surface area contributed by atoms with Gasteiger partial charge in [0.2, 0.25) is 5.91 Å². The maximum Gasteiger partial charge on any atom is 0.234 e. The topological polar surface area (TPSA) is 61.6 Å². The van der Waals surface area contributed by atoms with Gasteiger partial charge in [0.25, 0.3) is 0 Å². The van der Waals surface area contributed by atoms with E-state index in [1.807, 2.05) is 0 Å². The molecule has 6 heteroatoms. The standard InChI is InChI=1S/C15H30N4OS/c1-5-12(14(16)21)19-9-7-18(8-10-19)11-13(20)17-15(3,4)6-2/h12H,5-11H2,1-4H3,(H2,16,21)(H,17,20). The van der Waals surface area contributed by atoms with Crippen LogP contribution in [0.3, 0.4) is 0 Å². The van der Waals surface area contributed by atoms with Gasteiger partial charge in [-0.05, 0) is 26.7 Å². The molecule has 1 unspecified atom stereocenters. The lowest BCUT2D eigenvalue weighted by molar-refractivity contribution is -0.124. The predicted molar refractivity (Wildman–Crippen MR) is 91.4 cm³/mol. The molecule has 0 aromatic heterocycles. The molecule has 3 N–H and O–H groups in total. The van der Waals surface area contributed by atoms with Gasteiger partial charge in [0.15, 0.2) is 0 Å². The first-order chi connectivity index (χ1) is 9.79. The van der Waals surface area contributed by atoms with Gasteiger partial charge in [-0.25, -0.2) is 0 Å². The number of thiocarbonyl (C=S) groups is 1. The van der Waals surface area contributed by atoms with E-state index in [1.54, 1.807) is 0 Å². The molecule has 1 saturated heterocycles. The minimum absolute atomic E-state index is 0.108. The van der Waals surface area contributed by atoms with Crippen LogP contribution in [0.1, 0.15) is 40.5 Å². The second kappa shape index (κ2) is 8.06. The quantitative estimate of drug-likeness (QED) is 0.686. The summed E-state index contributed by atoms with van der Waals surface area (Å²) >= 11 is 5.13. The molecule has 122 valence electrons. The zero-order valence-electron chi connectivity index (χ0n) is 13.8. The summed E-state index contributed by atoms with van der Waals surface area (Å²) in [5.41, 5.74) is 5.66. The van der Waals surface area contributed by atoms with Gasteiger partial charge in [0.05, 0.1) is 17.6 Å². The van der Waals surface area contributed by atoms with Gasteiger partial charge in [0, 0.05) is 31.7 Å². The Kier molecular flexibility index (Phi) is 7.03. The highest BCUT2D eigenvalue weighted by Gasteiger charge is 2.26. The molecule has 0 radical (unpaired) electrons. The number of carbonyl (C=O) groups is 1. The summed E-state index contributed by atoms with van der Waals surface area (Å²) in [6, 6.07) is 0.190. The average molecular weight is 314 g/mol. The van der Waals surface area contributed by atoms with Crippen molar-refractivity contribution >= 4 is 23.1 Å². The Morgan fingerprint density at radius 1 is 1.29 bits per heavy atom. The molecule has 0 aromatic carbocycles. The van der Waals surface area contributed by atoms with Crippen molar-refractivity contribution < 1.29 is 4.79 Å². The van der Waals surface area contributed by atoms with E-state index in [0.29, 0.717) is 11.5 Å². The minimum Gasteiger partial charge on any atom is -0.392 e. The van der Waals surface area contributed by atoms with Crippen LogP contribution >= 0.6 is 12.2 Å². The SMILES string of the molecule is CCC(C(N)=S)N1CCN(CC(=O)NC(C)(C)CC)CC1. The number of nitrogens with two attached hydrogens (primary N) is 1. The van der Waals surface area contributed by atoms with Gasteiger partial charge < -0.3 is 11.1 Å². The largest absolute Gasteiger partial charge is 0.392 e. The number of carbonyl (C=O) groups excluding carboxylic acids is 1. The van der Waals surface area contributed by atoms with Crippen LogP contribution < -0.4 is 11.1 Å².